The molecule has 8 nitrogen and oxygen atoms in total. The van der Waals surface area contributed by atoms with E-state index in [2.05, 4.69) is 20.5 Å². The van der Waals surface area contributed by atoms with E-state index in [1.807, 2.05) is 0 Å². The Balaban J connectivity index is 1.60. The maximum absolute atomic E-state index is 12.3. The molecular weight excluding hydrogens is 320 g/mol. The quantitative estimate of drug-likeness (QED) is 0.848. The first-order valence-electron chi connectivity index (χ1n) is 7.47. The van der Waals surface area contributed by atoms with Crippen molar-refractivity contribution in [3.05, 3.63) is 29.1 Å². The van der Waals surface area contributed by atoms with Gasteiger partial charge in [-0.25, -0.2) is 9.67 Å². The normalized spacial score (nSPS) is 24.1. The SMILES string of the molecule is Cc1nc(C(=O)N[C@@H]2CC(Cn3cc(Cl)cn3)C[C@H]2O)n(C)n1. The van der Waals surface area contributed by atoms with Gasteiger partial charge in [-0.3, -0.25) is 9.48 Å². The number of nitrogens with zero attached hydrogens (tertiary/aromatic N) is 5. The average molecular weight is 339 g/mol. The van der Waals surface area contributed by atoms with Crippen LogP contribution in [0.4, 0.5) is 0 Å². The third-order valence-corrected chi connectivity index (χ3v) is 4.26. The second-order valence-corrected chi connectivity index (χ2v) is 6.41. The van der Waals surface area contributed by atoms with Crippen molar-refractivity contribution in [3.63, 3.8) is 0 Å². The summed E-state index contributed by atoms with van der Waals surface area (Å²) in [6.45, 7) is 2.39. The standard InChI is InChI=1S/C14H19ClN6O2/c1-8-17-13(20(2)19-8)14(23)18-11-3-9(4-12(11)22)6-21-7-10(15)5-16-21/h5,7,9,11-12,22H,3-4,6H2,1-2H3,(H,18,23)/t9?,11-,12-/m1/s1. The molecule has 1 aliphatic rings. The van der Waals surface area contributed by atoms with Crippen LogP contribution < -0.4 is 5.32 Å². The fourth-order valence-corrected chi connectivity index (χ4v) is 3.22. The van der Waals surface area contributed by atoms with Crippen LogP contribution in [-0.2, 0) is 13.6 Å². The fraction of sp³-hybridized carbons (Fsp3) is 0.571. The van der Waals surface area contributed by atoms with Crippen molar-refractivity contribution in [1.29, 1.82) is 0 Å². The van der Waals surface area contributed by atoms with Crippen LogP contribution in [-0.4, -0.2) is 47.7 Å². The van der Waals surface area contributed by atoms with Crippen LogP contribution in [0.25, 0.3) is 0 Å². The number of aryl methyl sites for hydroxylation is 2. The Labute approximate surface area is 138 Å². The van der Waals surface area contributed by atoms with Gasteiger partial charge in [-0.05, 0) is 25.7 Å². The van der Waals surface area contributed by atoms with E-state index in [9.17, 15) is 9.90 Å². The predicted octanol–water partition coefficient (Wildman–Crippen LogP) is 0.543. The molecule has 1 unspecified atom stereocenters. The van der Waals surface area contributed by atoms with Crippen molar-refractivity contribution >= 4 is 17.5 Å². The van der Waals surface area contributed by atoms with Gasteiger partial charge in [-0.15, -0.1) is 0 Å². The first-order chi connectivity index (χ1) is 10.9. The molecule has 2 aromatic heterocycles. The Morgan fingerprint density at radius 1 is 1.52 bits per heavy atom. The van der Waals surface area contributed by atoms with Crippen molar-refractivity contribution in [2.75, 3.05) is 0 Å². The van der Waals surface area contributed by atoms with Gasteiger partial charge in [0.2, 0.25) is 5.82 Å². The molecular formula is C14H19ClN6O2. The lowest BCUT2D eigenvalue weighted by molar-refractivity contribution is 0.0858. The van der Waals surface area contributed by atoms with E-state index in [0.29, 0.717) is 30.2 Å². The maximum atomic E-state index is 12.3. The smallest absolute Gasteiger partial charge is 0.289 e. The molecule has 0 aliphatic heterocycles. The summed E-state index contributed by atoms with van der Waals surface area (Å²) in [6.07, 6.45) is 4.05. The molecule has 1 amide bonds. The lowest BCUT2D eigenvalue weighted by Gasteiger charge is -2.15. The summed E-state index contributed by atoms with van der Waals surface area (Å²) in [5, 5.41) is 21.8. The molecule has 3 atom stereocenters. The monoisotopic (exact) mass is 338 g/mol. The third-order valence-electron chi connectivity index (χ3n) is 4.06. The number of nitrogens with one attached hydrogen (secondary N) is 1. The van der Waals surface area contributed by atoms with Crippen LogP contribution in [0, 0.1) is 12.8 Å². The van der Waals surface area contributed by atoms with E-state index in [0.717, 1.165) is 0 Å². The molecule has 0 bridgehead atoms. The Kier molecular flexibility index (Phi) is 4.36. The molecule has 1 aliphatic carbocycles. The Morgan fingerprint density at radius 2 is 2.30 bits per heavy atom. The van der Waals surface area contributed by atoms with Crippen molar-refractivity contribution in [2.45, 2.75) is 38.5 Å². The minimum atomic E-state index is -0.579. The van der Waals surface area contributed by atoms with E-state index in [1.165, 1.54) is 4.68 Å². The van der Waals surface area contributed by atoms with Crippen LogP contribution in [0.3, 0.4) is 0 Å². The minimum absolute atomic E-state index is 0.229. The Morgan fingerprint density at radius 3 is 2.91 bits per heavy atom. The van der Waals surface area contributed by atoms with Crippen molar-refractivity contribution in [1.82, 2.24) is 29.9 Å². The van der Waals surface area contributed by atoms with Crippen molar-refractivity contribution in [3.8, 4) is 0 Å². The average Bonchev–Trinajstić information content (AvgIpc) is 3.12. The largest absolute Gasteiger partial charge is 0.391 e. The van der Waals surface area contributed by atoms with E-state index in [4.69, 9.17) is 11.6 Å². The molecule has 124 valence electrons. The van der Waals surface area contributed by atoms with Crippen LogP contribution >= 0.6 is 11.6 Å². The number of carbonyl (C=O) groups is 1. The number of amides is 1. The number of hydrogen-bond donors (Lipinski definition) is 2. The number of aliphatic hydroxyl groups is 1. The van der Waals surface area contributed by atoms with Gasteiger partial charge in [-0.2, -0.15) is 10.2 Å². The molecule has 0 saturated heterocycles. The molecule has 0 aromatic carbocycles. The fourth-order valence-electron chi connectivity index (χ4n) is 3.07. The maximum Gasteiger partial charge on any atom is 0.289 e. The number of aliphatic hydroxyl groups excluding tert-OH is 1. The lowest BCUT2D eigenvalue weighted by atomic mass is 10.1. The summed E-state index contributed by atoms with van der Waals surface area (Å²) in [5.74, 6) is 0.697. The topological polar surface area (TPSA) is 97.9 Å². The summed E-state index contributed by atoms with van der Waals surface area (Å²) in [7, 11) is 1.67. The summed E-state index contributed by atoms with van der Waals surface area (Å²) in [6, 6.07) is -0.296. The molecule has 1 fully saturated rings. The highest BCUT2D eigenvalue weighted by Gasteiger charge is 2.35. The first-order valence-corrected chi connectivity index (χ1v) is 7.84. The van der Waals surface area contributed by atoms with E-state index in [-0.39, 0.29) is 23.7 Å². The van der Waals surface area contributed by atoms with E-state index in [1.54, 1.807) is 31.0 Å². The summed E-state index contributed by atoms with van der Waals surface area (Å²) >= 11 is 5.85. The zero-order valence-corrected chi connectivity index (χ0v) is 13.7. The highest BCUT2D eigenvalue weighted by Crippen LogP contribution is 2.28. The first kappa shape index (κ1) is 15.9. The number of carbonyl (C=O) groups excluding carboxylic acids is 1. The zero-order valence-electron chi connectivity index (χ0n) is 13.0. The second kappa shape index (κ2) is 6.29. The summed E-state index contributed by atoms with van der Waals surface area (Å²) in [5.41, 5.74) is 0. The number of hydrogen-bond acceptors (Lipinski definition) is 5. The van der Waals surface area contributed by atoms with Crippen LogP contribution in [0.1, 0.15) is 29.3 Å². The molecule has 9 heteroatoms. The molecule has 2 aromatic rings. The number of rotatable bonds is 4. The van der Waals surface area contributed by atoms with Gasteiger partial charge in [0.15, 0.2) is 0 Å². The molecule has 3 rings (SSSR count). The van der Waals surface area contributed by atoms with Gasteiger partial charge in [0.1, 0.15) is 5.82 Å². The Hall–Kier alpha value is -1.93. The molecule has 0 radical (unpaired) electrons. The number of aromatic nitrogens is 5. The molecule has 1 saturated carbocycles. The van der Waals surface area contributed by atoms with Gasteiger partial charge in [0.05, 0.1) is 23.4 Å². The molecule has 2 heterocycles. The number of halogens is 1. The van der Waals surface area contributed by atoms with Crippen LogP contribution in [0.2, 0.25) is 5.02 Å². The highest BCUT2D eigenvalue weighted by molar-refractivity contribution is 6.30. The van der Waals surface area contributed by atoms with Crippen LogP contribution in [0.15, 0.2) is 12.4 Å². The van der Waals surface area contributed by atoms with E-state index < -0.39 is 6.10 Å². The molecule has 2 N–H and O–H groups in total. The Bertz CT molecular complexity index is 712. The van der Waals surface area contributed by atoms with Gasteiger partial charge in [0, 0.05) is 19.8 Å². The van der Waals surface area contributed by atoms with Crippen molar-refractivity contribution < 1.29 is 9.90 Å². The zero-order chi connectivity index (χ0) is 16.6. The lowest BCUT2D eigenvalue weighted by Crippen LogP contribution is -2.41. The minimum Gasteiger partial charge on any atom is -0.391 e. The third kappa shape index (κ3) is 3.53. The predicted molar refractivity (Wildman–Crippen MR) is 83.0 cm³/mol. The summed E-state index contributed by atoms with van der Waals surface area (Å²) < 4.78 is 3.20. The van der Waals surface area contributed by atoms with Gasteiger partial charge in [-0.1, -0.05) is 11.6 Å². The van der Waals surface area contributed by atoms with Gasteiger partial charge >= 0.3 is 0 Å². The highest BCUT2D eigenvalue weighted by atomic mass is 35.5. The molecule has 0 spiro atoms. The summed E-state index contributed by atoms with van der Waals surface area (Å²) in [4.78, 5) is 16.4. The van der Waals surface area contributed by atoms with E-state index >= 15 is 0 Å². The second-order valence-electron chi connectivity index (χ2n) is 5.97. The van der Waals surface area contributed by atoms with Crippen LogP contribution in [0.5, 0.6) is 0 Å². The van der Waals surface area contributed by atoms with Gasteiger partial charge < -0.3 is 10.4 Å². The van der Waals surface area contributed by atoms with Crippen molar-refractivity contribution in [2.24, 2.45) is 13.0 Å². The van der Waals surface area contributed by atoms with Gasteiger partial charge in [0.25, 0.3) is 5.91 Å². The molecule has 23 heavy (non-hydrogen) atoms.